The predicted molar refractivity (Wildman–Crippen MR) is 132 cm³/mol. The highest BCUT2D eigenvalue weighted by molar-refractivity contribution is 5.91. The Balaban J connectivity index is 1.70. The van der Waals surface area contributed by atoms with Crippen molar-refractivity contribution in [3.63, 3.8) is 0 Å². The van der Waals surface area contributed by atoms with Crippen molar-refractivity contribution in [3.05, 3.63) is 95.3 Å². The molecule has 0 aliphatic rings. The Kier molecular flexibility index (Phi) is 8.40. The molecule has 0 saturated heterocycles. The molecule has 2 amide bonds. The number of amides is 2. The maximum absolute atomic E-state index is 12.9. The Bertz CT molecular complexity index is 961. The van der Waals surface area contributed by atoms with Gasteiger partial charge in [0.15, 0.2) is 0 Å². The molecule has 0 spiro atoms. The first-order valence-corrected chi connectivity index (χ1v) is 11.3. The van der Waals surface area contributed by atoms with Crippen LogP contribution in [0.4, 0.5) is 10.5 Å². The first kappa shape index (κ1) is 23.5. The van der Waals surface area contributed by atoms with Gasteiger partial charge in [-0.15, -0.1) is 0 Å². The van der Waals surface area contributed by atoms with Crippen molar-refractivity contribution in [2.24, 2.45) is 0 Å². The van der Waals surface area contributed by atoms with E-state index in [0.717, 1.165) is 27.9 Å². The Labute approximate surface area is 191 Å². The molecule has 1 atom stereocenters. The SMILES string of the molecule is CC(C)c1cccc(C(C)C)c1NC(=O)NC[C@@H](NCc1ccncc1)c1ccccc1. The van der Waals surface area contributed by atoms with Gasteiger partial charge in [0.1, 0.15) is 0 Å². The molecule has 168 valence electrons. The third kappa shape index (κ3) is 6.41. The lowest BCUT2D eigenvalue weighted by Crippen LogP contribution is -2.37. The molecule has 0 bridgehead atoms. The molecule has 1 aromatic heterocycles. The number of anilines is 1. The van der Waals surface area contributed by atoms with Gasteiger partial charge >= 0.3 is 6.03 Å². The third-order valence-electron chi connectivity index (χ3n) is 5.58. The maximum Gasteiger partial charge on any atom is 0.319 e. The summed E-state index contributed by atoms with van der Waals surface area (Å²) >= 11 is 0. The van der Waals surface area contributed by atoms with E-state index in [1.807, 2.05) is 30.3 Å². The Morgan fingerprint density at radius 3 is 2.06 bits per heavy atom. The number of hydrogen-bond acceptors (Lipinski definition) is 3. The first-order valence-electron chi connectivity index (χ1n) is 11.3. The standard InChI is InChI=1S/C27H34N4O/c1-19(2)23-11-8-12-24(20(3)4)26(23)31-27(32)30-18-25(22-9-6-5-7-10-22)29-17-21-13-15-28-16-14-21/h5-16,19-20,25,29H,17-18H2,1-4H3,(H2,30,31,32)/t25-/m1/s1. The maximum atomic E-state index is 12.9. The summed E-state index contributed by atoms with van der Waals surface area (Å²) in [5, 5.41) is 9.77. The Hall–Kier alpha value is -3.18. The van der Waals surface area contributed by atoms with Crippen LogP contribution >= 0.6 is 0 Å². The molecule has 3 N–H and O–H groups in total. The van der Waals surface area contributed by atoms with Gasteiger partial charge in [-0.2, -0.15) is 0 Å². The van der Waals surface area contributed by atoms with E-state index in [4.69, 9.17) is 0 Å². The van der Waals surface area contributed by atoms with Gasteiger partial charge in [-0.25, -0.2) is 4.79 Å². The lowest BCUT2D eigenvalue weighted by molar-refractivity contribution is 0.250. The van der Waals surface area contributed by atoms with Gasteiger partial charge in [0, 0.05) is 37.2 Å². The first-order chi connectivity index (χ1) is 15.5. The number of benzene rings is 2. The largest absolute Gasteiger partial charge is 0.336 e. The average Bonchev–Trinajstić information content (AvgIpc) is 2.80. The van der Waals surface area contributed by atoms with Crippen LogP contribution in [0.15, 0.2) is 73.1 Å². The van der Waals surface area contributed by atoms with Gasteiger partial charge in [-0.1, -0.05) is 76.2 Å². The summed E-state index contributed by atoms with van der Waals surface area (Å²) in [6.07, 6.45) is 3.58. The van der Waals surface area contributed by atoms with Crippen molar-refractivity contribution < 1.29 is 4.79 Å². The topological polar surface area (TPSA) is 66.1 Å². The molecule has 3 aromatic rings. The molecule has 32 heavy (non-hydrogen) atoms. The average molecular weight is 431 g/mol. The molecule has 5 heteroatoms. The second-order valence-corrected chi connectivity index (χ2v) is 8.66. The molecule has 0 saturated carbocycles. The zero-order valence-corrected chi connectivity index (χ0v) is 19.4. The normalized spacial score (nSPS) is 12.1. The molecule has 0 radical (unpaired) electrons. The third-order valence-corrected chi connectivity index (χ3v) is 5.58. The highest BCUT2D eigenvalue weighted by Gasteiger charge is 2.17. The molecular formula is C27H34N4O. The molecule has 0 unspecified atom stereocenters. The van der Waals surface area contributed by atoms with Crippen LogP contribution in [0, 0.1) is 0 Å². The molecule has 5 nitrogen and oxygen atoms in total. The summed E-state index contributed by atoms with van der Waals surface area (Å²) in [5.74, 6) is 0.645. The zero-order chi connectivity index (χ0) is 22.9. The Morgan fingerprint density at radius 2 is 1.47 bits per heavy atom. The number of rotatable bonds is 9. The summed E-state index contributed by atoms with van der Waals surface area (Å²) < 4.78 is 0. The summed E-state index contributed by atoms with van der Waals surface area (Å²) in [6.45, 7) is 9.77. The van der Waals surface area contributed by atoms with Gasteiger partial charge in [0.2, 0.25) is 0 Å². The van der Waals surface area contributed by atoms with E-state index in [1.165, 1.54) is 0 Å². The zero-order valence-electron chi connectivity index (χ0n) is 19.4. The van der Waals surface area contributed by atoms with Crippen LogP contribution in [-0.2, 0) is 6.54 Å². The van der Waals surface area contributed by atoms with Crippen molar-refractivity contribution >= 4 is 11.7 Å². The van der Waals surface area contributed by atoms with E-state index in [1.54, 1.807) is 12.4 Å². The van der Waals surface area contributed by atoms with Crippen molar-refractivity contribution in [1.82, 2.24) is 15.6 Å². The number of nitrogens with one attached hydrogen (secondary N) is 3. The van der Waals surface area contributed by atoms with E-state index in [-0.39, 0.29) is 12.1 Å². The minimum atomic E-state index is -0.188. The molecule has 1 heterocycles. The fourth-order valence-electron chi connectivity index (χ4n) is 3.78. The van der Waals surface area contributed by atoms with Gasteiger partial charge in [-0.3, -0.25) is 4.98 Å². The van der Waals surface area contributed by atoms with Gasteiger partial charge in [-0.05, 0) is 46.2 Å². The van der Waals surface area contributed by atoms with Crippen LogP contribution in [0.5, 0.6) is 0 Å². The highest BCUT2D eigenvalue weighted by atomic mass is 16.2. The molecule has 0 fully saturated rings. The number of aromatic nitrogens is 1. The molecule has 3 rings (SSSR count). The van der Waals surface area contributed by atoms with Crippen LogP contribution in [-0.4, -0.2) is 17.6 Å². The van der Waals surface area contributed by atoms with Gasteiger partial charge < -0.3 is 16.0 Å². The lowest BCUT2D eigenvalue weighted by Gasteiger charge is -2.22. The fourth-order valence-corrected chi connectivity index (χ4v) is 3.78. The predicted octanol–water partition coefficient (Wildman–Crippen LogP) is 5.98. The number of hydrogen-bond donors (Lipinski definition) is 3. The van der Waals surface area contributed by atoms with Crippen LogP contribution < -0.4 is 16.0 Å². The molecular weight excluding hydrogens is 396 g/mol. The highest BCUT2D eigenvalue weighted by Crippen LogP contribution is 2.32. The lowest BCUT2D eigenvalue weighted by atomic mass is 9.93. The molecule has 0 aliphatic carbocycles. The van der Waals surface area contributed by atoms with Crippen molar-refractivity contribution in [1.29, 1.82) is 0 Å². The van der Waals surface area contributed by atoms with E-state index in [2.05, 4.69) is 79.0 Å². The monoisotopic (exact) mass is 430 g/mol. The van der Waals surface area contributed by atoms with Crippen LogP contribution in [0.3, 0.4) is 0 Å². The molecule has 0 aliphatic heterocycles. The smallest absolute Gasteiger partial charge is 0.319 e. The summed E-state index contributed by atoms with van der Waals surface area (Å²) in [5.41, 5.74) is 5.52. The number of para-hydroxylation sites is 1. The fraction of sp³-hybridized carbons (Fsp3) is 0.333. The van der Waals surface area contributed by atoms with Crippen LogP contribution in [0.2, 0.25) is 0 Å². The van der Waals surface area contributed by atoms with E-state index < -0.39 is 0 Å². The number of nitrogens with zero attached hydrogens (tertiary/aromatic N) is 1. The van der Waals surface area contributed by atoms with Crippen molar-refractivity contribution in [2.75, 3.05) is 11.9 Å². The van der Waals surface area contributed by atoms with E-state index in [0.29, 0.717) is 24.9 Å². The molecule has 2 aromatic carbocycles. The van der Waals surface area contributed by atoms with E-state index >= 15 is 0 Å². The van der Waals surface area contributed by atoms with Gasteiger partial charge in [0.05, 0.1) is 0 Å². The van der Waals surface area contributed by atoms with Crippen molar-refractivity contribution in [2.45, 2.75) is 52.1 Å². The van der Waals surface area contributed by atoms with Crippen LogP contribution in [0.1, 0.15) is 67.8 Å². The number of pyridine rings is 1. The van der Waals surface area contributed by atoms with Crippen molar-refractivity contribution in [3.8, 4) is 0 Å². The van der Waals surface area contributed by atoms with Crippen LogP contribution in [0.25, 0.3) is 0 Å². The van der Waals surface area contributed by atoms with E-state index in [9.17, 15) is 4.79 Å². The summed E-state index contributed by atoms with van der Waals surface area (Å²) in [4.78, 5) is 17.0. The second kappa shape index (κ2) is 11.4. The minimum absolute atomic E-state index is 0.0139. The number of urea groups is 1. The summed E-state index contributed by atoms with van der Waals surface area (Å²) in [6, 6.07) is 20.2. The van der Waals surface area contributed by atoms with Gasteiger partial charge in [0.25, 0.3) is 0 Å². The number of carbonyl (C=O) groups is 1. The second-order valence-electron chi connectivity index (χ2n) is 8.66. The minimum Gasteiger partial charge on any atom is -0.336 e. The Morgan fingerprint density at radius 1 is 0.844 bits per heavy atom. The quantitative estimate of drug-likeness (QED) is 0.391. The summed E-state index contributed by atoms with van der Waals surface area (Å²) in [7, 11) is 0. The number of carbonyl (C=O) groups excluding carboxylic acids is 1.